The van der Waals surface area contributed by atoms with Gasteiger partial charge in [0.1, 0.15) is 11.9 Å². The van der Waals surface area contributed by atoms with Gasteiger partial charge in [-0.2, -0.15) is 0 Å². The van der Waals surface area contributed by atoms with Gasteiger partial charge in [-0.25, -0.2) is 0 Å². The van der Waals surface area contributed by atoms with Gasteiger partial charge in [-0.15, -0.1) is 0 Å². The third-order valence-corrected chi connectivity index (χ3v) is 2.38. The average Bonchev–Trinajstić information content (AvgIpc) is 2.87. The molecule has 0 aromatic heterocycles. The van der Waals surface area contributed by atoms with E-state index in [0.29, 0.717) is 5.57 Å². The first-order chi connectivity index (χ1) is 6.79. The van der Waals surface area contributed by atoms with Crippen LogP contribution in [0, 0.1) is 5.92 Å². The van der Waals surface area contributed by atoms with Crippen molar-refractivity contribution in [1.29, 1.82) is 0 Å². The van der Waals surface area contributed by atoms with E-state index in [4.69, 9.17) is 0 Å². The van der Waals surface area contributed by atoms with Gasteiger partial charge in [-0.05, 0) is 0 Å². The lowest BCUT2D eigenvalue weighted by atomic mass is 10.0. The molecular formula is C12H12O2. The summed E-state index contributed by atoms with van der Waals surface area (Å²) in [6.07, 6.45) is 13.8. The summed E-state index contributed by atoms with van der Waals surface area (Å²) in [6.45, 7) is 0. The van der Waals surface area contributed by atoms with E-state index in [1.54, 1.807) is 12.2 Å². The van der Waals surface area contributed by atoms with E-state index < -0.39 is 6.10 Å². The number of rotatable bonds is 2. The van der Waals surface area contributed by atoms with Crippen molar-refractivity contribution in [3.05, 3.63) is 59.9 Å². The second-order valence-electron chi connectivity index (χ2n) is 3.35. The van der Waals surface area contributed by atoms with E-state index in [-0.39, 0.29) is 11.7 Å². The van der Waals surface area contributed by atoms with Crippen molar-refractivity contribution in [2.75, 3.05) is 0 Å². The normalized spacial score (nSPS) is 21.1. The van der Waals surface area contributed by atoms with Crippen molar-refractivity contribution < 1.29 is 10.2 Å². The first kappa shape index (κ1) is 9.03. The average molecular weight is 188 g/mol. The first-order valence-corrected chi connectivity index (χ1v) is 4.60. The Kier molecular flexibility index (Phi) is 2.37. The topological polar surface area (TPSA) is 40.5 Å². The van der Waals surface area contributed by atoms with Gasteiger partial charge in [0.05, 0.1) is 0 Å². The number of aliphatic hydroxyl groups is 2. The van der Waals surface area contributed by atoms with E-state index in [0.717, 1.165) is 0 Å². The summed E-state index contributed by atoms with van der Waals surface area (Å²) in [6, 6.07) is 0. The Labute approximate surface area is 82.9 Å². The predicted molar refractivity (Wildman–Crippen MR) is 55.7 cm³/mol. The highest BCUT2D eigenvalue weighted by molar-refractivity contribution is 5.43. The van der Waals surface area contributed by atoms with Gasteiger partial charge in [0, 0.05) is 11.5 Å². The van der Waals surface area contributed by atoms with Crippen LogP contribution in [0.1, 0.15) is 0 Å². The summed E-state index contributed by atoms with van der Waals surface area (Å²) in [7, 11) is 0. The largest absolute Gasteiger partial charge is 0.509 e. The first-order valence-electron chi connectivity index (χ1n) is 4.60. The van der Waals surface area contributed by atoms with E-state index in [2.05, 4.69) is 0 Å². The highest BCUT2D eigenvalue weighted by Crippen LogP contribution is 2.22. The molecule has 0 bridgehead atoms. The van der Waals surface area contributed by atoms with E-state index in [1.807, 2.05) is 36.5 Å². The van der Waals surface area contributed by atoms with Gasteiger partial charge >= 0.3 is 0 Å². The van der Waals surface area contributed by atoms with Gasteiger partial charge in [0.2, 0.25) is 0 Å². The van der Waals surface area contributed by atoms with Crippen molar-refractivity contribution in [1.82, 2.24) is 0 Å². The quantitative estimate of drug-likeness (QED) is 0.651. The Bertz CT molecular complexity index is 344. The van der Waals surface area contributed by atoms with Crippen molar-refractivity contribution in [2.24, 2.45) is 5.92 Å². The monoisotopic (exact) mass is 188 g/mol. The lowest BCUT2D eigenvalue weighted by molar-refractivity contribution is 0.131. The van der Waals surface area contributed by atoms with Crippen LogP contribution in [-0.2, 0) is 0 Å². The molecule has 2 aliphatic carbocycles. The maximum atomic E-state index is 9.80. The minimum atomic E-state index is -0.840. The third-order valence-electron chi connectivity index (χ3n) is 2.38. The lowest BCUT2D eigenvalue weighted by Crippen LogP contribution is -2.19. The summed E-state index contributed by atoms with van der Waals surface area (Å²) in [5.74, 6) is -0.0684. The maximum Gasteiger partial charge on any atom is 0.129 e. The molecule has 0 aliphatic heterocycles. The summed E-state index contributed by atoms with van der Waals surface area (Å²) < 4.78 is 0. The lowest BCUT2D eigenvalue weighted by Gasteiger charge is -2.15. The molecule has 1 atom stereocenters. The Morgan fingerprint density at radius 3 is 2.21 bits per heavy atom. The zero-order valence-corrected chi connectivity index (χ0v) is 7.67. The molecule has 72 valence electrons. The Morgan fingerprint density at radius 2 is 1.64 bits per heavy atom. The predicted octanol–water partition coefficient (Wildman–Crippen LogP) is 2.03. The fraction of sp³-hybridized carbons (Fsp3) is 0.167. The fourth-order valence-corrected chi connectivity index (χ4v) is 1.56. The standard InChI is InChI=1S/C12H12O2/c13-11(9-5-1-2-6-9)12(14)10-7-3-4-8-10/h1-9,11,13-14H. The van der Waals surface area contributed by atoms with Crippen LogP contribution in [0.2, 0.25) is 0 Å². The summed E-state index contributed by atoms with van der Waals surface area (Å²) in [5, 5.41) is 19.5. The van der Waals surface area contributed by atoms with Crippen LogP contribution < -0.4 is 0 Å². The fourth-order valence-electron chi connectivity index (χ4n) is 1.56. The zero-order chi connectivity index (χ0) is 9.97. The van der Waals surface area contributed by atoms with Crippen LogP contribution in [0.25, 0.3) is 0 Å². The Morgan fingerprint density at radius 1 is 1.07 bits per heavy atom. The van der Waals surface area contributed by atoms with Crippen molar-refractivity contribution in [3.63, 3.8) is 0 Å². The van der Waals surface area contributed by atoms with E-state index in [1.165, 1.54) is 0 Å². The van der Waals surface area contributed by atoms with Crippen molar-refractivity contribution in [3.8, 4) is 0 Å². The number of aliphatic hydroxyl groups excluding tert-OH is 2. The van der Waals surface area contributed by atoms with Gasteiger partial charge < -0.3 is 10.2 Å². The highest BCUT2D eigenvalue weighted by atomic mass is 16.3. The molecule has 0 aromatic carbocycles. The molecule has 2 aliphatic rings. The molecule has 0 radical (unpaired) electrons. The van der Waals surface area contributed by atoms with Gasteiger partial charge in [0.25, 0.3) is 0 Å². The third kappa shape index (κ3) is 1.56. The second kappa shape index (κ2) is 3.68. The van der Waals surface area contributed by atoms with Crippen LogP contribution in [0.3, 0.4) is 0 Å². The van der Waals surface area contributed by atoms with E-state index in [9.17, 15) is 10.2 Å². The molecule has 0 amide bonds. The summed E-state index contributed by atoms with van der Waals surface area (Å²) >= 11 is 0. The molecule has 0 fully saturated rings. The molecule has 0 saturated carbocycles. The zero-order valence-electron chi connectivity index (χ0n) is 7.67. The van der Waals surface area contributed by atoms with Crippen molar-refractivity contribution >= 4 is 0 Å². The Balaban J connectivity index is 2.18. The SMILES string of the molecule is OC(=C1C=CC=C1)C(O)C1C=CC=C1. The van der Waals surface area contributed by atoms with Crippen LogP contribution in [-0.4, -0.2) is 16.3 Å². The molecule has 2 N–H and O–H groups in total. The molecule has 14 heavy (non-hydrogen) atoms. The molecular weight excluding hydrogens is 176 g/mol. The van der Waals surface area contributed by atoms with Crippen LogP contribution in [0.5, 0.6) is 0 Å². The Hall–Kier alpha value is -1.54. The molecule has 0 spiro atoms. The molecule has 0 heterocycles. The van der Waals surface area contributed by atoms with E-state index >= 15 is 0 Å². The number of allylic oxidation sites excluding steroid dienone is 7. The second-order valence-corrected chi connectivity index (χ2v) is 3.35. The molecule has 2 rings (SSSR count). The maximum absolute atomic E-state index is 9.80. The van der Waals surface area contributed by atoms with Crippen LogP contribution in [0.15, 0.2) is 59.9 Å². The van der Waals surface area contributed by atoms with Gasteiger partial charge in [0.15, 0.2) is 0 Å². The summed E-state index contributed by atoms with van der Waals surface area (Å²) in [5.41, 5.74) is 0.686. The molecule has 0 saturated heterocycles. The van der Waals surface area contributed by atoms with Crippen molar-refractivity contribution in [2.45, 2.75) is 6.10 Å². The van der Waals surface area contributed by atoms with Gasteiger partial charge in [-0.3, -0.25) is 0 Å². The molecule has 1 unspecified atom stereocenters. The smallest absolute Gasteiger partial charge is 0.129 e. The minimum Gasteiger partial charge on any atom is -0.509 e. The van der Waals surface area contributed by atoms with Crippen LogP contribution >= 0.6 is 0 Å². The highest BCUT2D eigenvalue weighted by Gasteiger charge is 2.21. The van der Waals surface area contributed by atoms with Crippen LogP contribution in [0.4, 0.5) is 0 Å². The number of hydrogen-bond donors (Lipinski definition) is 2. The number of hydrogen-bond acceptors (Lipinski definition) is 2. The summed E-state index contributed by atoms with van der Waals surface area (Å²) in [4.78, 5) is 0. The molecule has 2 heteroatoms. The minimum absolute atomic E-state index is 0.0381. The van der Waals surface area contributed by atoms with Gasteiger partial charge in [-0.1, -0.05) is 48.6 Å². The molecule has 2 nitrogen and oxygen atoms in total. The molecule has 0 aromatic rings.